The zero-order valence-electron chi connectivity index (χ0n) is 6.18. The molecule has 0 aliphatic heterocycles. The molecular formula is C7H15NO. The fourth-order valence-corrected chi connectivity index (χ4v) is 1.34. The van der Waals surface area contributed by atoms with Gasteiger partial charge in [-0.1, -0.05) is 0 Å². The van der Waals surface area contributed by atoms with Crippen molar-refractivity contribution in [1.82, 2.24) is 5.32 Å². The zero-order valence-corrected chi connectivity index (χ0v) is 6.18. The summed E-state index contributed by atoms with van der Waals surface area (Å²) < 4.78 is 5.21. The molecule has 54 valence electrons. The molecule has 2 nitrogen and oxygen atoms in total. The molecule has 1 rings (SSSR count). The molecule has 1 N–H and O–H groups in total. The molecule has 0 heterocycles. The van der Waals surface area contributed by atoms with E-state index in [9.17, 15) is 0 Å². The van der Waals surface area contributed by atoms with Crippen LogP contribution >= 0.6 is 0 Å². The molecule has 1 aliphatic carbocycles. The topological polar surface area (TPSA) is 21.3 Å². The van der Waals surface area contributed by atoms with Crippen LogP contribution in [-0.2, 0) is 4.74 Å². The van der Waals surface area contributed by atoms with Gasteiger partial charge in [0.2, 0.25) is 0 Å². The minimum Gasteiger partial charge on any atom is -0.381 e. The van der Waals surface area contributed by atoms with E-state index < -0.39 is 0 Å². The van der Waals surface area contributed by atoms with Crippen LogP contribution in [0, 0.1) is 5.92 Å². The Morgan fingerprint density at radius 2 is 2.33 bits per heavy atom. The van der Waals surface area contributed by atoms with Crippen LogP contribution in [0.5, 0.6) is 0 Å². The first-order valence-corrected chi connectivity index (χ1v) is 3.56. The lowest BCUT2D eigenvalue weighted by Gasteiger charge is -2.35. The Hall–Kier alpha value is -0.0800. The normalized spacial score (nSPS) is 34.0. The Labute approximate surface area is 56.6 Å². The maximum Gasteiger partial charge on any atom is 0.0611 e. The molecule has 0 bridgehead atoms. The first-order valence-electron chi connectivity index (χ1n) is 3.56. The van der Waals surface area contributed by atoms with Crippen molar-refractivity contribution >= 4 is 0 Å². The molecule has 0 amide bonds. The average molecular weight is 129 g/mol. The van der Waals surface area contributed by atoms with E-state index in [0.717, 1.165) is 12.5 Å². The van der Waals surface area contributed by atoms with Gasteiger partial charge in [-0.25, -0.2) is 0 Å². The maximum absolute atomic E-state index is 5.21. The lowest BCUT2D eigenvalue weighted by Crippen LogP contribution is -2.39. The van der Waals surface area contributed by atoms with Gasteiger partial charge >= 0.3 is 0 Å². The van der Waals surface area contributed by atoms with Gasteiger partial charge in [-0.2, -0.15) is 0 Å². The van der Waals surface area contributed by atoms with Crippen LogP contribution in [0.2, 0.25) is 0 Å². The van der Waals surface area contributed by atoms with E-state index in [4.69, 9.17) is 4.74 Å². The van der Waals surface area contributed by atoms with E-state index in [-0.39, 0.29) is 0 Å². The first kappa shape index (κ1) is 7.03. The highest BCUT2D eigenvalue weighted by Crippen LogP contribution is 2.28. The van der Waals surface area contributed by atoms with Crippen molar-refractivity contribution in [3.63, 3.8) is 0 Å². The van der Waals surface area contributed by atoms with Gasteiger partial charge in [0.25, 0.3) is 0 Å². The first-order chi connectivity index (χ1) is 4.38. The third-order valence-corrected chi connectivity index (χ3v) is 2.12. The third-order valence-electron chi connectivity index (χ3n) is 2.12. The van der Waals surface area contributed by atoms with Gasteiger partial charge < -0.3 is 10.1 Å². The molecule has 0 aromatic carbocycles. The van der Waals surface area contributed by atoms with Gasteiger partial charge in [0, 0.05) is 13.7 Å². The second kappa shape index (κ2) is 3.18. The van der Waals surface area contributed by atoms with Gasteiger partial charge in [-0.3, -0.25) is 0 Å². The van der Waals surface area contributed by atoms with Crippen molar-refractivity contribution in [3.8, 4) is 0 Å². The summed E-state index contributed by atoms with van der Waals surface area (Å²) in [6, 6.07) is 0. The van der Waals surface area contributed by atoms with Crippen LogP contribution in [0.15, 0.2) is 0 Å². The fraction of sp³-hybridized carbons (Fsp3) is 1.00. The van der Waals surface area contributed by atoms with Gasteiger partial charge in [-0.05, 0) is 25.8 Å². The lowest BCUT2D eigenvalue weighted by atomic mass is 9.82. The van der Waals surface area contributed by atoms with Gasteiger partial charge in [-0.15, -0.1) is 0 Å². The Balaban J connectivity index is 2.11. The second-order valence-electron chi connectivity index (χ2n) is 2.67. The van der Waals surface area contributed by atoms with Crippen molar-refractivity contribution in [2.24, 2.45) is 5.92 Å². The molecule has 0 unspecified atom stereocenters. The molecule has 2 atom stereocenters. The van der Waals surface area contributed by atoms with Crippen molar-refractivity contribution in [2.45, 2.75) is 18.9 Å². The van der Waals surface area contributed by atoms with Crippen molar-refractivity contribution in [3.05, 3.63) is 0 Å². The minimum atomic E-state index is 0.539. The predicted molar refractivity (Wildman–Crippen MR) is 37.4 cm³/mol. The Bertz CT molecular complexity index is 83.0. The van der Waals surface area contributed by atoms with E-state index in [2.05, 4.69) is 5.32 Å². The van der Waals surface area contributed by atoms with E-state index >= 15 is 0 Å². The molecule has 0 radical (unpaired) electrons. The quantitative estimate of drug-likeness (QED) is 0.603. The molecule has 1 saturated carbocycles. The SMILES string of the molecule is CNC[C@@H]1CC[C@H]1OC. The summed E-state index contributed by atoms with van der Waals surface area (Å²) in [5.74, 6) is 0.778. The van der Waals surface area contributed by atoms with Crippen molar-refractivity contribution < 1.29 is 4.74 Å². The van der Waals surface area contributed by atoms with E-state index in [1.54, 1.807) is 7.11 Å². The Morgan fingerprint density at radius 3 is 2.67 bits per heavy atom. The van der Waals surface area contributed by atoms with Crippen LogP contribution in [0.4, 0.5) is 0 Å². The second-order valence-corrected chi connectivity index (χ2v) is 2.67. The Kier molecular flexibility index (Phi) is 2.49. The standard InChI is InChI=1S/C7H15NO/c1-8-5-6-3-4-7(6)9-2/h6-8H,3-5H2,1-2H3/t6-,7+/m0/s1. The number of methoxy groups -OCH3 is 1. The van der Waals surface area contributed by atoms with Crippen LogP contribution in [-0.4, -0.2) is 26.8 Å². The van der Waals surface area contributed by atoms with Gasteiger partial charge in [0.1, 0.15) is 0 Å². The molecule has 0 spiro atoms. The number of nitrogens with one attached hydrogen (secondary N) is 1. The molecule has 9 heavy (non-hydrogen) atoms. The smallest absolute Gasteiger partial charge is 0.0611 e. The maximum atomic E-state index is 5.21. The lowest BCUT2D eigenvalue weighted by molar-refractivity contribution is -0.0146. The van der Waals surface area contributed by atoms with Crippen LogP contribution in [0.1, 0.15) is 12.8 Å². The van der Waals surface area contributed by atoms with Gasteiger partial charge in [0.15, 0.2) is 0 Å². The monoisotopic (exact) mass is 129 g/mol. The summed E-state index contributed by atoms with van der Waals surface area (Å²) in [4.78, 5) is 0. The zero-order chi connectivity index (χ0) is 6.69. The predicted octanol–water partition coefficient (Wildman–Crippen LogP) is 0.631. The average Bonchev–Trinajstić information content (AvgIpc) is 1.82. The summed E-state index contributed by atoms with van der Waals surface area (Å²) in [7, 11) is 3.79. The number of ether oxygens (including phenoxy) is 1. The Morgan fingerprint density at radius 1 is 1.56 bits per heavy atom. The number of hydrogen-bond donors (Lipinski definition) is 1. The summed E-state index contributed by atoms with van der Waals surface area (Å²) in [5.41, 5.74) is 0. The summed E-state index contributed by atoms with van der Waals surface area (Å²) >= 11 is 0. The van der Waals surface area contributed by atoms with Crippen molar-refractivity contribution in [2.75, 3.05) is 20.7 Å². The largest absolute Gasteiger partial charge is 0.381 e. The molecule has 0 aromatic rings. The minimum absolute atomic E-state index is 0.539. The fourth-order valence-electron chi connectivity index (χ4n) is 1.34. The highest BCUT2D eigenvalue weighted by atomic mass is 16.5. The van der Waals surface area contributed by atoms with E-state index in [1.807, 2.05) is 7.05 Å². The molecular weight excluding hydrogens is 114 g/mol. The molecule has 2 heteroatoms. The number of rotatable bonds is 3. The summed E-state index contributed by atoms with van der Waals surface area (Å²) in [6.45, 7) is 1.11. The highest BCUT2D eigenvalue weighted by Gasteiger charge is 2.29. The molecule has 0 aromatic heterocycles. The molecule has 0 saturated heterocycles. The van der Waals surface area contributed by atoms with Crippen LogP contribution in [0.25, 0.3) is 0 Å². The van der Waals surface area contributed by atoms with Crippen molar-refractivity contribution in [1.29, 1.82) is 0 Å². The van der Waals surface area contributed by atoms with Gasteiger partial charge in [0.05, 0.1) is 6.10 Å². The number of hydrogen-bond acceptors (Lipinski definition) is 2. The van der Waals surface area contributed by atoms with Crippen LogP contribution in [0.3, 0.4) is 0 Å². The highest BCUT2D eigenvalue weighted by molar-refractivity contribution is 4.82. The van der Waals surface area contributed by atoms with E-state index in [1.165, 1.54) is 12.8 Å². The third kappa shape index (κ3) is 1.43. The van der Waals surface area contributed by atoms with E-state index in [0.29, 0.717) is 6.10 Å². The van der Waals surface area contributed by atoms with Crippen LogP contribution < -0.4 is 5.32 Å². The molecule has 1 aliphatic rings. The summed E-state index contributed by atoms with van der Waals surface area (Å²) in [5, 5.41) is 3.15. The molecule has 1 fully saturated rings. The summed E-state index contributed by atoms with van der Waals surface area (Å²) in [6.07, 6.45) is 3.12.